The van der Waals surface area contributed by atoms with Gasteiger partial charge in [-0.15, -0.1) is 0 Å². The third-order valence-electron chi connectivity index (χ3n) is 2.45. The van der Waals surface area contributed by atoms with Crippen LogP contribution in [0.25, 0.3) is 0 Å². The monoisotopic (exact) mass is 277 g/mol. The second-order valence-electron chi connectivity index (χ2n) is 3.53. The Bertz CT molecular complexity index is 537. The molecular weight excluding hydrogens is 266 g/mol. The van der Waals surface area contributed by atoms with Crippen LogP contribution < -0.4 is 0 Å². The molecule has 6 nitrogen and oxygen atoms in total. The Labute approximate surface area is 101 Å². The van der Waals surface area contributed by atoms with Crippen LogP contribution in [0.1, 0.15) is 10.6 Å². The molecule has 1 saturated heterocycles. The molecule has 2 heterocycles. The lowest BCUT2D eigenvalue weighted by Crippen LogP contribution is -2.41. The first-order valence-electron chi connectivity index (χ1n) is 4.94. The first-order valence-corrected chi connectivity index (χ1v) is 7.87. The number of carbonyl (C=O) groups is 1. The van der Waals surface area contributed by atoms with E-state index >= 15 is 0 Å². The summed E-state index contributed by atoms with van der Waals surface area (Å²) in [6.07, 6.45) is 0.449. The van der Waals surface area contributed by atoms with Crippen LogP contribution >= 0.6 is 0 Å². The van der Waals surface area contributed by atoms with E-state index in [4.69, 9.17) is 4.42 Å². The maximum atomic E-state index is 12.0. The Morgan fingerprint density at radius 2 is 1.94 bits per heavy atom. The summed E-state index contributed by atoms with van der Waals surface area (Å²) in [5, 5.41) is -0.243. The van der Waals surface area contributed by atoms with Gasteiger partial charge in [-0.05, 0) is 12.1 Å². The van der Waals surface area contributed by atoms with Crippen LogP contribution in [-0.4, -0.2) is 47.8 Å². The lowest BCUT2D eigenvalue weighted by atomic mass is 10.5. The topological polar surface area (TPSA) is 84.7 Å². The highest BCUT2D eigenvalue weighted by molar-refractivity contribution is 7.89. The molecule has 2 rings (SSSR count). The second kappa shape index (κ2) is 4.71. The van der Waals surface area contributed by atoms with E-state index in [2.05, 4.69) is 0 Å². The molecule has 1 aliphatic heterocycles. The number of furan rings is 1. The van der Waals surface area contributed by atoms with Gasteiger partial charge in [-0.3, -0.25) is 9.00 Å². The van der Waals surface area contributed by atoms with E-state index in [-0.39, 0.29) is 23.9 Å². The average Bonchev–Trinajstić information content (AvgIpc) is 2.78. The van der Waals surface area contributed by atoms with Gasteiger partial charge in [0.1, 0.15) is 0 Å². The van der Waals surface area contributed by atoms with Crippen molar-refractivity contribution in [2.75, 3.05) is 24.6 Å². The van der Waals surface area contributed by atoms with E-state index in [9.17, 15) is 17.4 Å². The van der Waals surface area contributed by atoms with E-state index in [0.717, 1.165) is 0 Å². The van der Waals surface area contributed by atoms with Crippen molar-refractivity contribution in [3.8, 4) is 0 Å². The van der Waals surface area contributed by atoms with Gasteiger partial charge in [0.15, 0.2) is 12.0 Å². The number of hydrogen-bond donors (Lipinski definition) is 0. The van der Waals surface area contributed by atoms with Crippen LogP contribution in [0.15, 0.2) is 21.6 Å². The maximum absolute atomic E-state index is 12.0. The van der Waals surface area contributed by atoms with E-state index in [1.54, 1.807) is 0 Å². The molecule has 0 atom stereocenters. The quantitative estimate of drug-likeness (QED) is 0.717. The fourth-order valence-corrected chi connectivity index (χ4v) is 4.17. The molecule has 0 aromatic carbocycles. The molecule has 94 valence electrons. The molecule has 17 heavy (non-hydrogen) atoms. The van der Waals surface area contributed by atoms with Crippen LogP contribution in [0.2, 0.25) is 0 Å². The zero-order valence-corrected chi connectivity index (χ0v) is 10.5. The molecule has 0 amide bonds. The summed E-state index contributed by atoms with van der Waals surface area (Å²) in [6, 6.07) is 2.56. The molecule has 1 aromatic rings. The van der Waals surface area contributed by atoms with Gasteiger partial charge in [-0.25, -0.2) is 8.42 Å². The summed E-state index contributed by atoms with van der Waals surface area (Å²) in [4.78, 5) is 10.4. The predicted octanol–water partition coefficient (Wildman–Crippen LogP) is -0.155. The van der Waals surface area contributed by atoms with E-state index in [0.29, 0.717) is 17.8 Å². The van der Waals surface area contributed by atoms with Crippen molar-refractivity contribution in [3.05, 3.63) is 17.9 Å². The fourth-order valence-electron chi connectivity index (χ4n) is 1.53. The van der Waals surface area contributed by atoms with Crippen molar-refractivity contribution in [2.24, 2.45) is 0 Å². The number of hydrogen-bond acceptors (Lipinski definition) is 5. The second-order valence-corrected chi connectivity index (χ2v) is 7.09. The molecule has 1 fully saturated rings. The van der Waals surface area contributed by atoms with E-state index in [1.165, 1.54) is 16.4 Å². The van der Waals surface area contributed by atoms with Crippen molar-refractivity contribution < 1.29 is 21.8 Å². The highest BCUT2D eigenvalue weighted by Gasteiger charge is 2.30. The molecule has 1 aromatic heterocycles. The molecule has 0 radical (unpaired) electrons. The minimum absolute atomic E-state index is 0.0239. The molecule has 0 spiro atoms. The third-order valence-corrected chi connectivity index (χ3v) is 5.50. The van der Waals surface area contributed by atoms with Crippen LogP contribution in [0, 0.1) is 0 Å². The standard InChI is InChI=1S/C9H11NO5S2/c11-7-8-1-2-9(15-8)17(13,14)10-3-5-16(12)6-4-10/h1-2,7H,3-6H2. The van der Waals surface area contributed by atoms with Gasteiger partial charge < -0.3 is 4.42 Å². The largest absolute Gasteiger partial charge is 0.440 e. The lowest BCUT2D eigenvalue weighted by molar-refractivity contribution is 0.109. The van der Waals surface area contributed by atoms with Crippen LogP contribution in [0.3, 0.4) is 0 Å². The fraction of sp³-hybridized carbons (Fsp3) is 0.444. The Morgan fingerprint density at radius 3 is 2.47 bits per heavy atom. The number of sulfonamides is 1. The van der Waals surface area contributed by atoms with Gasteiger partial charge >= 0.3 is 0 Å². The minimum atomic E-state index is -3.70. The van der Waals surface area contributed by atoms with Gasteiger partial charge in [0.2, 0.25) is 5.09 Å². The summed E-state index contributed by atoms with van der Waals surface area (Å²) in [5.74, 6) is 0.644. The van der Waals surface area contributed by atoms with Crippen LogP contribution in [-0.2, 0) is 20.8 Å². The smallest absolute Gasteiger partial charge is 0.276 e. The normalized spacial score (nSPS) is 19.3. The zero-order valence-electron chi connectivity index (χ0n) is 8.87. The Kier molecular flexibility index (Phi) is 3.45. The van der Waals surface area contributed by atoms with E-state index < -0.39 is 20.8 Å². The van der Waals surface area contributed by atoms with Crippen molar-refractivity contribution in [1.29, 1.82) is 0 Å². The van der Waals surface area contributed by atoms with Gasteiger partial charge in [0, 0.05) is 35.4 Å². The molecular formula is C9H11NO5S2. The predicted molar refractivity (Wildman–Crippen MR) is 60.7 cm³/mol. The maximum Gasteiger partial charge on any atom is 0.276 e. The summed E-state index contributed by atoms with van der Waals surface area (Å²) in [6.45, 7) is 0.429. The Hall–Kier alpha value is -0.990. The van der Waals surface area contributed by atoms with Crippen LogP contribution in [0.4, 0.5) is 0 Å². The van der Waals surface area contributed by atoms with Gasteiger partial charge in [0.05, 0.1) is 0 Å². The van der Waals surface area contributed by atoms with Gasteiger partial charge in [0.25, 0.3) is 10.0 Å². The number of carbonyl (C=O) groups excluding carboxylic acids is 1. The van der Waals surface area contributed by atoms with Crippen molar-refractivity contribution in [2.45, 2.75) is 5.09 Å². The zero-order chi connectivity index (χ0) is 12.5. The number of nitrogens with zero attached hydrogens (tertiary/aromatic N) is 1. The number of aldehydes is 1. The number of rotatable bonds is 3. The average molecular weight is 277 g/mol. The molecule has 8 heteroatoms. The van der Waals surface area contributed by atoms with Crippen LogP contribution in [0.5, 0.6) is 0 Å². The minimum Gasteiger partial charge on any atom is -0.440 e. The SMILES string of the molecule is O=Cc1ccc(S(=O)(=O)N2CCS(=O)CC2)o1. The molecule has 0 saturated carbocycles. The highest BCUT2D eigenvalue weighted by atomic mass is 32.2. The summed E-state index contributed by atoms with van der Waals surface area (Å²) in [5.41, 5.74) is 0. The summed E-state index contributed by atoms with van der Waals surface area (Å²) < 4.78 is 41.4. The Morgan fingerprint density at radius 1 is 1.29 bits per heavy atom. The van der Waals surface area contributed by atoms with Crippen molar-refractivity contribution in [1.82, 2.24) is 4.31 Å². The molecule has 0 N–H and O–H groups in total. The summed E-state index contributed by atoms with van der Waals surface area (Å²) in [7, 11) is -4.64. The summed E-state index contributed by atoms with van der Waals surface area (Å²) >= 11 is 0. The van der Waals surface area contributed by atoms with E-state index in [1.807, 2.05) is 0 Å². The molecule has 0 aliphatic carbocycles. The Balaban J connectivity index is 2.24. The van der Waals surface area contributed by atoms with Crippen molar-refractivity contribution in [3.63, 3.8) is 0 Å². The van der Waals surface area contributed by atoms with Gasteiger partial charge in [-0.1, -0.05) is 0 Å². The van der Waals surface area contributed by atoms with Gasteiger partial charge in [-0.2, -0.15) is 4.31 Å². The highest BCUT2D eigenvalue weighted by Crippen LogP contribution is 2.19. The van der Waals surface area contributed by atoms with Crippen molar-refractivity contribution >= 4 is 27.1 Å². The molecule has 1 aliphatic rings. The lowest BCUT2D eigenvalue weighted by Gasteiger charge is -2.24. The molecule has 0 unspecified atom stereocenters. The third kappa shape index (κ3) is 2.48. The first-order chi connectivity index (χ1) is 8.04. The molecule has 0 bridgehead atoms. The first kappa shape index (κ1) is 12.5.